The van der Waals surface area contributed by atoms with Gasteiger partial charge in [-0.2, -0.15) is 0 Å². The van der Waals surface area contributed by atoms with E-state index in [2.05, 4.69) is 34.7 Å². The van der Waals surface area contributed by atoms with Crippen molar-refractivity contribution in [3.63, 3.8) is 0 Å². The van der Waals surface area contributed by atoms with Crippen molar-refractivity contribution in [2.75, 3.05) is 13.1 Å². The molecule has 3 rings (SSSR count). The minimum Gasteiger partial charge on any atom is -0.310 e. The summed E-state index contributed by atoms with van der Waals surface area (Å²) in [6.45, 7) is 4.82. The molecule has 0 radical (unpaired) electrons. The highest BCUT2D eigenvalue weighted by Crippen LogP contribution is 2.31. The van der Waals surface area contributed by atoms with Gasteiger partial charge >= 0.3 is 0 Å². The SMILES string of the molecule is CCC(c1cccs1)N1CCC(NC2CC2)C1. The van der Waals surface area contributed by atoms with Crippen LogP contribution >= 0.6 is 11.3 Å². The molecule has 1 aliphatic heterocycles. The average Bonchev–Trinajstić information content (AvgIpc) is 2.82. The molecule has 1 saturated heterocycles. The molecule has 1 N–H and O–H groups in total. The lowest BCUT2D eigenvalue weighted by Crippen LogP contribution is -2.35. The first-order chi connectivity index (χ1) is 8.36. The van der Waals surface area contributed by atoms with E-state index in [1.165, 1.54) is 38.8 Å². The average molecular weight is 250 g/mol. The Labute approximate surface area is 108 Å². The van der Waals surface area contributed by atoms with Gasteiger partial charge in [-0.05, 0) is 37.1 Å². The first-order valence-electron chi connectivity index (χ1n) is 6.90. The zero-order valence-electron chi connectivity index (χ0n) is 10.6. The van der Waals surface area contributed by atoms with Crippen molar-refractivity contribution < 1.29 is 0 Å². The van der Waals surface area contributed by atoms with Crippen LogP contribution in [0, 0.1) is 0 Å². The molecule has 2 fully saturated rings. The Hall–Kier alpha value is -0.380. The zero-order chi connectivity index (χ0) is 11.7. The van der Waals surface area contributed by atoms with Crippen molar-refractivity contribution in [2.45, 2.75) is 50.7 Å². The summed E-state index contributed by atoms with van der Waals surface area (Å²) in [4.78, 5) is 4.21. The van der Waals surface area contributed by atoms with Crippen LogP contribution in [-0.4, -0.2) is 30.1 Å². The Bertz CT molecular complexity index is 345. The summed E-state index contributed by atoms with van der Waals surface area (Å²) in [6, 6.07) is 6.72. The van der Waals surface area contributed by atoms with Crippen LogP contribution in [0.3, 0.4) is 0 Å². The Kier molecular flexibility index (Phi) is 3.50. The molecule has 1 aliphatic carbocycles. The maximum atomic E-state index is 3.77. The minimum atomic E-state index is 0.654. The van der Waals surface area contributed by atoms with Gasteiger partial charge in [-0.1, -0.05) is 13.0 Å². The van der Waals surface area contributed by atoms with Gasteiger partial charge in [0.05, 0.1) is 0 Å². The summed E-state index contributed by atoms with van der Waals surface area (Å²) < 4.78 is 0. The van der Waals surface area contributed by atoms with Gasteiger partial charge in [0.25, 0.3) is 0 Å². The fourth-order valence-electron chi connectivity index (χ4n) is 2.91. The molecule has 2 nitrogen and oxygen atoms in total. The number of hydrogen-bond donors (Lipinski definition) is 1. The fourth-order valence-corrected chi connectivity index (χ4v) is 3.85. The van der Waals surface area contributed by atoms with Crippen LogP contribution in [0.2, 0.25) is 0 Å². The third-order valence-electron chi connectivity index (χ3n) is 3.97. The second-order valence-corrected chi connectivity index (χ2v) is 6.34. The fraction of sp³-hybridized carbons (Fsp3) is 0.714. The lowest BCUT2D eigenvalue weighted by atomic mass is 10.1. The number of thiophene rings is 1. The molecule has 1 aromatic rings. The quantitative estimate of drug-likeness (QED) is 0.864. The highest BCUT2D eigenvalue weighted by atomic mass is 32.1. The van der Waals surface area contributed by atoms with Crippen LogP contribution in [0.15, 0.2) is 17.5 Å². The van der Waals surface area contributed by atoms with Crippen LogP contribution in [0.5, 0.6) is 0 Å². The molecular formula is C14H22N2S. The lowest BCUT2D eigenvalue weighted by Gasteiger charge is -2.26. The maximum Gasteiger partial charge on any atom is 0.0439 e. The summed E-state index contributed by atoms with van der Waals surface area (Å²) in [5.41, 5.74) is 0. The van der Waals surface area contributed by atoms with E-state index in [-0.39, 0.29) is 0 Å². The molecular weight excluding hydrogens is 228 g/mol. The summed E-state index contributed by atoms with van der Waals surface area (Å²) in [6.07, 6.45) is 5.37. The van der Waals surface area contributed by atoms with E-state index in [1.54, 1.807) is 4.88 Å². The van der Waals surface area contributed by atoms with E-state index in [9.17, 15) is 0 Å². The van der Waals surface area contributed by atoms with Crippen molar-refractivity contribution >= 4 is 11.3 Å². The molecule has 3 heteroatoms. The van der Waals surface area contributed by atoms with E-state index < -0.39 is 0 Å². The van der Waals surface area contributed by atoms with Gasteiger partial charge in [-0.3, -0.25) is 4.90 Å². The predicted octanol–water partition coefficient (Wildman–Crippen LogP) is 3.03. The molecule has 1 saturated carbocycles. The number of nitrogens with one attached hydrogen (secondary N) is 1. The van der Waals surface area contributed by atoms with E-state index in [1.807, 2.05) is 11.3 Å². The molecule has 2 unspecified atom stereocenters. The van der Waals surface area contributed by atoms with Gasteiger partial charge in [0.2, 0.25) is 0 Å². The van der Waals surface area contributed by atoms with Crippen molar-refractivity contribution in [1.29, 1.82) is 0 Å². The van der Waals surface area contributed by atoms with Gasteiger partial charge in [-0.15, -0.1) is 11.3 Å². The van der Waals surface area contributed by atoms with Crippen molar-refractivity contribution in [3.8, 4) is 0 Å². The third-order valence-corrected chi connectivity index (χ3v) is 4.94. The topological polar surface area (TPSA) is 15.3 Å². The first-order valence-corrected chi connectivity index (χ1v) is 7.78. The zero-order valence-corrected chi connectivity index (χ0v) is 11.4. The maximum absolute atomic E-state index is 3.77. The van der Waals surface area contributed by atoms with Gasteiger partial charge in [-0.25, -0.2) is 0 Å². The number of likely N-dealkylation sites (tertiary alicyclic amines) is 1. The van der Waals surface area contributed by atoms with Crippen LogP contribution in [0.4, 0.5) is 0 Å². The Morgan fingerprint density at radius 3 is 2.94 bits per heavy atom. The molecule has 0 bridgehead atoms. The minimum absolute atomic E-state index is 0.654. The summed E-state index contributed by atoms with van der Waals surface area (Å²) in [5, 5.41) is 5.97. The second kappa shape index (κ2) is 5.09. The van der Waals surface area contributed by atoms with Crippen LogP contribution in [0.1, 0.15) is 43.5 Å². The second-order valence-electron chi connectivity index (χ2n) is 5.36. The van der Waals surface area contributed by atoms with Crippen molar-refractivity contribution in [2.24, 2.45) is 0 Å². The van der Waals surface area contributed by atoms with Gasteiger partial charge in [0.1, 0.15) is 0 Å². The summed E-state index contributed by atoms with van der Waals surface area (Å²) in [7, 11) is 0. The molecule has 0 spiro atoms. The largest absolute Gasteiger partial charge is 0.310 e. The Morgan fingerprint density at radius 2 is 2.29 bits per heavy atom. The molecule has 2 aliphatic rings. The smallest absolute Gasteiger partial charge is 0.0439 e. The highest BCUT2D eigenvalue weighted by molar-refractivity contribution is 7.10. The summed E-state index contributed by atoms with van der Waals surface area (Å²) in [5.74, 6) is 0. The number of rotatable bonds is 5. The third kappa shape index (κ3) is 2.72. The number of nitrogens with zero attached hydrogens (tertiary/aromatic N) is 1. The van der Waals surface area contributed by atoms with Gasteiger partial charge < -0.3 is 5.32 Å². The van der Waals surface area contributed by atoms with Gasteiger partial charge in [0, 0.05) is 36.1 Å². The van der Waals surface area contributed by atoms with Gasteiger partial charge in [0.15, 0.2) is 0 Å². The van der Waals surface area contributed by atoms with E-state index >= 15 is 0 Å². The normalized spacial score (nSPS) is 27.5. The van der Waals surface area contributed by atoms with Crippen molar-refractivity contribution in [1.82, 2.24) is 10.2 Å². The monoisotopic (exact) mass is 250 g/mol. The molecule has 0 amide bonds. The standard InChI is InChI=1S/C14H22N2S/c1-2-13(14-4-3-9-17-14)16-8-7-12(10-16)15-11-5-6-11/h3-4,9,11-13,15H,2,5-8,10H2,1H3. The molecule has 0 aromatic carbocycles. The molecule has 94 valence electrons. The molecule has 2 atom stereocenters. The predicted molar refractivity (Wildman–Crippen MR) is 73.5 cm³/mol. The highest BCUT2D eigenvalue weighted by Gasteiger charge is 2.32. The summed E-state index contributed by atoms with van der Waals surface area (Å²) >= 11 is 1.91. The van der Waals surface area contributed by atoms with Crippen molar-refractivity contribution in [3.05, 3.63) is 22.4 Å². The Morgan fingerprint density at radius 1 is 1.41 bits per heavy atom. The van der Waals surface area contributed by atoms with E-state index in [0.29, 0.717) is 6.04 Å². The Balaban J connectivity index is 1.59. The lowest BCUT2D eigenvalue weighted by molar-refractivity contribution is 0.236. The number of hydrogen-bond acceptors (Lipinski definition) is 3. The van der Waals surface area contributed by atoms with E-state index in [4.69, 9.17) is 0 Å². The molecule has 17 heavy (non-hydrogen) atoms. The first kappa shape index (κ1) is 11.7. The van der Waals surface area contributed by atoms with E-state index in [0.717, 1.165) is 12.1 Å². The van der Waals surface area contributed by atoms with Crippen LogP contribution in [0.25, 0.3) is 0 Å². The van der Waals surface area contributed by atoms with Crippen LogP contribution < -0.4 is 5.32 Å². The van der Waals surface area contributed by atoms with Crippen LogP contribution in [-0.2, 0) is 0 Å². The molecule has 2 heterocycles. The molecule has 1 aromatic heterocycles.